The summed E-state index contributed by atoms with van der Waals surface area (Å²) in [5.74, 6) is 0.657. The Hall–Kier alpha value is -2.47. The minimum Gasteiger partial charge on any atom is -0.497 e. The van der Waals surface area contributed by atoms with Gasteiger partial charge in [-0.3, -0.25) is 4.79 Å². The molecule has 0 radical (unpaired) electrons. The Morgan fingerprint density at radius 3 is 2.60 bits per heavy atom. The molecule has 2 heterocycles. The van der Waals surface area contributed by atoms with Gasteiger partial charge < -0.3 is 14.6 Å². The third-order valence-electron chi connectivity index (χ3n) is 3.88. The summed E-state index contributed by atoms with van der Waals surface area (Å²) >= 11 is 1.35. The normalized spacial score (nSPS) is 17.6. The van der Waals surface area contributed by atoms with E-state index in [2.05, 4.69) is 47.9 Å². The summed E-state index contributed by atoms with van der Waals surface area (Å²) in [6.45, 7) is 6.35. The largest absolute Gasteiger partial charge is 0.497 e. The number of hydrogen-bond acceptors (Lipinski definition) is 4. The summed E-state index contributed by atoms with van der Waals surface area (Å²) in [7, 11) is 1.62. The second-order valence-electron chi connectivity index (χ2n) is 6.10. The minimum atomic E-state index is -0.118. The van der Waals surface area contributed by atoms with Gasteiger partial charge in [-0.15, -0.1) is 0 Å². The predicted molar refractivity (Wildman–Crippen MR) is 103 cm³/mol. The first-order valence-corrected chi connectivity index (χ1v) is 8.90. The molecule has 1 aliphatic heterocycles. The highest BCUT2D eigenvalue weighted by Gasteiger charge is 2.24. The number of aryl methyl sites for hydroxylation is 1. The molecule has 3 rings (SSSR count). The molecule has 0 bridgehead atoms. The molecule has 1 N–H and O–H groups in total. The van der Waals surface area contributed by atoms with Crippen LogP contribution in [0.2, 0.25) is 0 Å². The number of benzene rings is 1. The molecule has 0 spiro atoms. The highest BCUT2D eigenvalue weighted by Crippen LogP contribution is 2.29. The van der Waals surface area contributed by atoms with Gasteiger partial charge in [0.05, 0.1) is 17.7 Å². The van der Waals surface area contributed by atoms with E-state index < -0.39 is 0 Å². The van der Waals surface area contributed by atoms with Crippen molar-refractivity contribution in [1.29, 1.82) is 0 Å². The molecule has 1 fully saturated rings. The number of methoxy groups -OCH3 is 1. The van der Waals surface area contributed by atoms with Crippen LogP contribution in [0.4, 0.5) is 5.69 Å². The number of hydrogen-bond donors (Lipinski definition) is 1. The van der Waals surface area contributed by atoms with Crippen molar-refractivity contribution in [2.75, 3.05) is 7.11 Å². The molecule has 0 saturated carbocycles. The first-order valence-electron chi connectivity index (χ1n) is 8.08. The summed E-state index contributed by atoms with van der Waals surface area (Å²) in [6.07, 6.45) is 3.97. The average Bonchev–Trinajstić information content (AvgIpc) is 3.11. The molecule has 0 unspecified atom stereocenters. The second kappa shape index (κ2) is 7.19. The molecule has 2 aromatic rings. The molecule has 1 aliphatic rings. The number of amides is 1. The van der Waals surface area contributed by atoms with E-state index in [4.69, 9.17) is 4.74 Å². The van der Waals surface area contributed by atoms with Gasteiger partial charge in [-0.05, 0) is 74.5 Å². The number of amidine groups is 1. The van der Waals surface area contributed by atoms with Gasteiger partial charge in [-0.1, -0.05) is 0 Å². The molecule has 0 aliphatic carbocycles. The zero-order valence-electron chi connectivity index (χ0n) is 14.7. The maximum Gasteiger partial charge on any atom is 0.264 e. The Bertz CT molecular complexity index is 848. The maximum absolute atomic E-state index is 12.2. The number of aliphatic imine (C=N–C) groups is 1. The lowest BCUT2D eigenvalue weighted by molar-refractivity contribution is -0.115. The molecule has 1 aromatic heterocycles. The molecule has 25 heavy (non-hydrogen) atoms. The molecule has 1 aromatic carbocycles. The molecular formula is C19H21N3O2S. The number of ether oxygens (including phenoxy) is 1. The standard InChI is InChI=1S/C19H21N3O2S/c1-12(2)22-11-14(9-13(22)3)10-17-18(23)21-19(25-17)20-15-5-7-16(24-4)8-6-15/h5-12H,1-4H3,(H,20,21,23)/b17-10+. The summed E-state index contributed by atoms with van der Waals surface area (Å²) in [5, 5.41) is 3.40. The molecule has 0 atom stereocenters. The average molecular weight is 355 g/mol. The number of rotatable bonds is 4. The number of thioether (sulfide) groups is 1. The topological polar surface area (TPSA) is 55.6 Å². The number of aromatic nitrogens is 1. The van der Waals surface area contributed by atoms with Gasteiger partial charge in [0.1, 0.15) is 5.75 Å². The van der Waals surface area contributed by atoms with E-state index in [0.717, 1.165) is 17.0 Å². The minimum absolute atomic E-state index is 0.118. The van der Waals surface area contributed by atoms with Crippen molar-refractivity contribution >= 4 is 34.6 Å². The third-order valence-corrected chi connectivity index (χ3v) is 4.79. The first-order chi connectivity index (χ1) is 12.0. The highest BCUT2D eigenvalue weighted by atomic mass is 32.2. The van der Waals surface area contributed by atoms with Crippen LogP contribution in [0.15, 0.2) is 46.4 Å². The van der Waals surface area contributed by atoms with E-state index in [0.29, 0.717) is 16.1 Å². The number of carbonyl (C=O) groups excluding carboxylic acids is 1. The molecule has 1 amide bonds. The summed E-state index contributed by atoms with van der Waals surface area (Å²) < 4.78 is 7.32. The van der Waals surface area contributed by atoms with Crippen molar-refractivity contribution in [3.05, 3.63) is 52.7 Å². The van der Waals surface area contributed by atoms with Crippen LogP contribution in [0, 0.1) is 6.92 Å². The van der Waals surface area contributed by atoms with Crippen LogP contribution >= 0.6 is 11.8 Å². The van der Waals surface area contributed by atoms with Crippen LogP contribution in [0.1, 0.15) is 31.1 Å². The molecule has 6 heteroatoms. The summed E-state index contributed by atoms with van der Waals surface area (Å²) in [6, 6.07) is 9.87. The highest BCUT2D eigenvalue weighted by molar-refractivity contribution is 8.18. The molecular weight excluding hydrogens is 334 g/mol. The fraction of sp³-hybridized carbons (Fsp3) is 0.263. The van der Waals surface area contributed by atoms with Crippen LogP contribution in [0.5, 0.6) is 5.75 Å². The van der Waals surface area contributed by atoms with Crippen LogP contribution in [-0.4, -0.2) is 22.8 Å². The predicted octanol–water partition coefficient (Wildman–Crippen LogP) is 4.28. The first kappa shape index (κ1) is 17.4. The zero-order valence-corrected chi connectivity index (χ0v) is 15.6. The number of nitrogens with zero attached hydrogens (tertiary/aromatic N) is 2. The fourth-order valence-corrected chi connectivity index (χ4v) is 3.50. The van der Waals surface area contributed by atoms with E-state index in [9.17, 15) is 4.79 Å². The van der Waals surface area contributed by atoms with Gasteiger partial charge in [0, 0.05) is 17.9 Å². The van der Waals surface area contributed by atoms with Crippen LogP contribution in [-0.2, 0) is 4.79 Å². The van der Waals surface area contributed by atoms with Crippen molar-refractivity contribution in [2.45, 2.75) is 26.8 Å². The molecule has 130 valence electrons. The van der Waals surface area contributed by atoms with Gasteiger partial charge in [0.15, 0.2) is 5.17 Å². The summed E-state index contributed by atoms with van der Waals surface area (Å²) in [4.78, 5) is 17.3. The van der Waals surface area contributed by atoms with Crippen LogP contribution < -0.4 is 10.1 Å². The Morgan fingerprint density at radius 1 is 1.28 bits per heavy atom. The Kier molecular flexibility index (Phi) is 4.99. The monoisotopic (exact) mass is 355 g/mol. The van der Waals surface area contributed by atoms with Crippen molar-refractivity contribution in [3.8, 4) is 5.75 Å². The van der Waals surface area contributed by atoms with Gasteiger partial charge in [0.25, 0.3) is 5.91 Å². The van der Waals surface area contributed by atoms with Crippen molar-refractivity contribution in [3.63, 3.8) is 0 Å². The van der Waals surface area contributed by atoms with Crippen LogP contribution in [0.25, 0.3) is 6.08 Å². The number of nitrogens with one attached hydrogen (secondary N) is 1. The van der Waals surface area contributed by atoms with Gasteiger partial charge >= 0.3 is 0 Å². The quantitative estimate of drug-likeness (QED) is 0.833. The lowest BCUT2D eigenvalue weighted by Gasteiger charge is -2.08. The summed E-state index contributed by atoms with van der Waals surface area (Å²) in [5.41, 5.74) is 2.97. The third kappa shape index (κ3) is 3.96. The fourth-order valence-electron chi connectivity index (χ4n) is 2.66. The van der Waals surface area contributed by atoms with Gasteiger partial charge in [-0.25, -0.2) is 4.99 Å². The lowest BCUT2D eigenvalue weighted by Crippen LogP contribution is -2.19. The smallest absolute Gasteiger partial charge is 0.264 e. The molecule has 1 saturated heterocycles. The van der Waals surface area contributed by atoms with Gasteiger partial charge in [0.2, 0.25) is 0 Å². The second-order valence-corrected chi connectivity index (χ2v) is 7.13. The van der Waals surface area contributed by atoms with Crippen molar-refractivity contribution < 1.29 is 9.53 Å². The van der Waals surface area contributed by atoms with Gasteiger partial charge in [-0.2, -0.15) is 0 Å². The van der Waals surface area contributed by atoms with Crippen LogP contribution in [0.3, 0.4) is 0 Å². The zero-order chi connectivity index (χ0) is 18.0. The van der Waals surface area contributed by atoms with Crippen molar-refractivity contribution in [1.82, 2.24) is 9.88 Å². The van der Waals surface area contributed by atoms with E-state index in [1.807, 2.05) is 30.3 Å². The number of carbonyl (C=O) groups is 1. The Labute approximate surface area is 151 Å². The Balaban J connectivity index is 1.79. The van der Waals surface area contributed by atoms with E-state index in [-0.39, 0.29) is 5.91 Å². The molecule has 5 nitrogen and oxygen atoms in total. The maximum atomic E-state index is 12.2. The van der Waals surface area contributed by atoms with E-state index in [1.54, 1.807) is 7.11 Å². The van der Waals surface area contributed by atoms with Crippen molar-refractivity contribution in [2.24, 2.45) is 4.99 Å². The Morgan fingerprint density at radius 2 is 2.00 bits per heavy atom. The van der Waals surface area contributed by atoms with E-state index in [1.165, 1.54) is 17.5 Å². The van der Waals surface area contributed by atoms with E-state index >= 15 is 0 Å². The SMILES string of the molecule is COc1ccc(N=C2NC(=O)/C(=C\c3cc(C)n(C(C)C)c3)S2)cc1. The lowest BCUT2D eigenvalue weighted by atomic mass is 10.3.